The van der Waals surface area contributed by atoms with Crippen LogP contribution in [0.25, 0.3) is 5.57 Å². The van der Waals surface area contributed by atoms with Crippen molar-refractivity contribution < 1.29 is 14.6 Å². The van der Waals surface area contributed by atoms with E-state index in [1.165, 1.54) is 0 Å². The minimum atomic E-state index is -0.780. The molecular weight excluding hydrogens is 472 g/mol. The molecule has 1 atom stereocenters. The molecule has 1 fully saturated rings. The van der Waals surface area contributed by atoms with Crippen molar-refractivity contribution in [3.05, 3.63) is 100 Å². The van der Waals surface area contributed by atoms with Crippen molar-refractivity contribution in [2.75, 3.05) is 26.2 Å². The van der Waals surface area contributed by atoms with Crippen LogP contribution in [0.15, 0.2) is 84.3 Å². The van der Waals surface area contributed by atoms with Crippen LogP contribution in [0.4, 0.5) is 0 Å². The molecule has 0 saturated carbocycles. The maximum Gasteiger partial charge on any atom is 0.227 e. The number of nitrogens with zero attached hydrogens (tertiary/aromatic N) is 2. The normalized spacial score (nSPS) is 22.2. The number of aromatic nitrogens is 1. The van der Waals surface area contributed by atoms with Crippen LogP contribution >= 0.6 is 11.6 Å². The maximum atomic E-state index is 11.2. The van der Waals surface area contributed by atoms with Gasteiger partial charge >= 0.3 is 0 Å². The van der Waals surface area contributed by atoms with Gasteiger partial charge in [-0.15, -0.1) is 0 Å². The number of aliphatic hydroxyl groups is 1. The Balaban J connectivity index is 1.29. The van der Waals surface area contributed by atoms with E-state index in [0.29, 0.717) is 30.4 Å². The summed E-state index contributed by atoms with van der Waals surface area (Å²) in [6.07, 6.45) is 15.4. The van der Waals surface area contributed by atoms with Gasteiger partial charge in [0.15, 0.2) is 0 Å². The second kappa shape index (κ2) is 11.1. The molecule has 1 saturated heterocycles. The van der Waals surface area contributed by atoms with Crippen LogP contribution in [0.2, 0.25) is 5.02 Å². The van der Waals surface area contributed by atoms with Gasteiger partial charge in [0.1, 0.15) is 11.9 Å². The largest absolute Gasteiger partial charge is 0.438 e. The number of fused-ring (bicyclic) bond motifs is 2. The molecule has 2 aromatic rings. The van der Waals surface area contributed by atoms with Gasteiger partial charge in [-0.3, -0.25) is 0 Å². The minimum Gasteiger partial charge on any atom is -0.438 e. The van der Waals surface area contributed by atoms with Gasteiger partial charge in [0, 0.05) is 48.6 Å². The molecule has 188 valence electrons. The van der Waals surface area contributed by atoms with E-state index in [1.54, 1.807) is 6.20 Å². The van der Waals surface area contributed by atoms with Crippen LogP contribution in [0, 0.1) is 0 Å². The summed E-state index contributed by atoms with van der Waals surface area (Å²) in [4.78, 5) is 6.93. The Morgan fingerprint density at radius 1 is 1.22 bits per heavy atom. The number of halogens is 1. The highest BCUT2D eigenvalue weighted by Crippen LogP contribution is 2.37. The molecule has 2 aliphatic heterocycles. The third kappa shape index (κ3) is 5.50. The molecule has 1 aromatic carbocycles. The van der Waals surface area contributed by atoms with Gasteiger partial charge in [0.05, 0.1) is 5.60 Å². The fraction of sp³-hybridized carbons (Fsp3) is 0.367. The van der Waals surface area contributed by atoms with Gasteiger partial charge in [0.2, 0.25) is 5.88 Å². The lowest BCUT2D eigenvalue weighted by Gasteiger charge is -2.38. The fourth-order valence-corrected chi connectivity index (χ4v) is 5.15. The zero-order valence-corrected chi connectivity index (χ0v) is 21.5. The Labute approximate surface area is 218 Å². The van der Waals surface area contributed by atoms with Gasteiger partial charge in [-0.1, -0.05) is 48.9 Å². The number of allylic oxidation sites excluding steroid dienone is 4. The number of piperidine rings is 1. The second-order valence-corrected chi connectivity index (χ2v) is 10.0. The zero-order chi connectivity index (χ0) is 25.0. The minimum absolute atomic E-state index is 0.129. The maximum absolute atomic E-state index is 11.2. The molecule has 1 N–H and O–H groups in total. The van der Waals surface area contributed by atoms with Gasteiger partial charge in [-0.05, 0) is 73.2 Å². The van der Waals surface area contributed by atoms with Crippen molar-refractivity contribution in [2.45, 2.75) is 44.3 Å². The molecule has 0 spiro atoms. The predicted octanol–water partition coefficient (Wildman–Crippen LogP) is 6.06. The van der Waals surface area contributed by atoms with E-state index in [9.17, 15) is 5.11 Å². The van der Waals surface area contributed by atoms with E-state index in [2.05, 4.69) is 41.1 Å². The molecule has 5 rings (SSSR count). The second-order valence-electron chi connectivity index (χ2n) is 9.59. The van der Waals surface area contributed by atoms with E-state index < -0.39 is 5.60 Å². The SMILES string of the molecule is CCCOC1C=CC=C2Oc3ncccc3C(=CCCN3CCC(O)(c4ccc(Cl)cc4)CC3)C=C21. The molecule has 0 amide bonds. The van der Waals surface area contributed by atoms with Gasteiger partial charge in [-0.25, -0.2) is 4.98 Å². The zero-order valence-electron chi connectivity index (χ0n) is 20.7. The van der Waals surface area contributed by atoms with Crippen LogP contribution in [-0.4, -0.2) is 47.3 Å². The number of ether oxygens (including phenoxy) is 2. The lowest BCUT2D eigenvalue weighted by molar-refractivity contribution is -0.0254. The van der Waals surface area contributed by atoms with Crippen LogP contribution in [0.5, 0.6) is 5.88 Å². The number of likely N-dealkylation sites (tertiary alicyclic amines) is 1. The summed E-state index contributed by atoms with van der Waals surface area (Å²) in [6.45, 7) is 5.45. The Kier molecular flexibility index (Phi) is 7.73. The number of benzene rings is 1. The summed E-state index contributed by atoms with van der Waals surface area (Å²) in [5, 5.41) is 11.9. The monoisotopic (exact) mass is 504 g/mol. The standard InChI is InChI=1S/C30H33ClN2O3/c1-2-20-35-27-8-3-9-28-26(27)21-22(25-7-4-16-32-29(25)36-28)6-5-17-33-18-14-30(34,15-19-33)23-10-12-24(31)13-11-23/h3-4,6-13,16,21,27,34H,2,5,14-15,17-20H2,1H3. The number of pyridine rings is 1. The van der Waals surface area contributed by atoms with Gasteiger partial charge in [-0.2, -0.15) is 0 Å². The molecular formula is C30H33ClN2O3. The number of hydrogen-bond acceptors (Lipinski definition) is 5. The highest BCUT2D eigenvalue weighted by molar-refractivity contribution is 6.30. The Morgan fingerprint density at radius 3 is 2.81 bits per heavy atom. The average Bonchev–Trinajstić information content (AvgIpc) is 3.06. The number of rotatable bonds is 7. The summed E-state index contributed by atoms with van der Waals surface area (Å²) in [5.41, 5.74) is 3.30. The average molecular weight is 505 g/mol. The first kappa shape index (κ1) is 25.0. The van der Waals surface area contributed by atoms with E-state index >= 15 is 0 Å². The van der Waals surface area contributed by atoms with Crippen LogP contribution in [0.3, 0.4) is 0 Å². The summed E-state index contributed by atoms with van der Waals surface area (Å²) < 4.78 is 12.3. The van der Waals surface area contributed by atoms with Crippen LogP contribution in [0.1, 0.15) is 43.7 Å². The Bertz CT molecular complexity index is 1190. The van der Waals surface area contributed by atoms with Crippen molar-refractivity contribution in [3.63, 3.8) is 0 Å². The molecule has 3 aliphatic rings. The quantitative estimate of drug-likeness (QED) is 0.496. The molecule has 3 heterocycles. The Morgan fingerprint density at radius 2 is 2.03 bits per heavy atom. The van der Waals surface area contributed by atoms with Gasteiger partial charge < -0.3 is 19.5 Å². The van der Waals surface area contributed by atoms with E-state index in [4.69, 9.17) is 21.1 Å². The predicted molar refractivity (Wildman–Crippen MR) is 144 cm³/mol. The van der Waals surface area contributed by atoms with E-state index in [1.807, 2.05) is 42.5 Å². The molecule has 0 bridgehead atoms. The fourth-order valence-electron chi connectivity index (χ4n) is 5.03. The van der Waals surface area contributed by atoms with Crippen LogP contribution in [-0.2, 0) is 10.3 Å². The molecule has 1 aromatic heterocycles. The van der Waals surface area contributed by atoms with E-state index in [-0.39, 0.29) is 6.10 Å². The molecule has 1 unspecified atom stereocenters. The van der Waals surface area contributed by atoms with E-state index in [0.717, 1.165) is 60.5 Å². The summed E-state index contributed by atoms with van der Waals surface area (Å²) in [7, 11) is 0. The molecule has 36 heavy (non-hydrogen) atoms. The topological polar surface area (TPSA) is 54.8 Å². The summed E-state index contributed by atoms with van der Waals surface area (Å²) in [5.74, 6) is 1.41. The smallest absolute Gasteiger partial charge is 0.227 e. The van der Waals surface area contributed by atoms with Crippen molar-refractivity contribution in [1.82, 2.24) is 9.88 Å². The highest BCUT2D eigenvalue weighted by Gasteiger charge is 2.33. The van der Waals surface area contributed by atoms with Crippen molar-refractivity contribution in [1.29, 1.82) is 0 Å². The first-order valence-corrected chi connectivity index (χ1v) is 13.2. The summed E-state index contributed by atoms with van der Waals surface area (Å²) >= 11 is 6.03. The van der Waals surface area contributed by atoms with Crippen molar-refractivity contribution in [2.24, 2.45) is 0 Å². The summed E-state index contributed by atoms with van der Waals surface area (Å²) in [6, 6.07) is 11.6. The molecule has 1 aliphatic carbocycles. The number of hydrogen-bond donors (Lipinski definition) is 1. The molecule has 5 nitrogen and oxygen atoms in total. The first-order chi connectivity index (χ1) is 17.6. The molecule has 0 radical (unpaired) electrons. The van der Waals surface area contributed by atoms with Crippen molar-refractivity contribution >= 4 is 17.2 Å². The Hall–Kier alpha value is -2.70. The lowest BCUT2D eigenvalue weighted by atomic mass is 9.84. The molecule has 6 heteroatoms. The lowest BCUT2D eigenvalue weighted by Crippen LogP contribution is -2.42. The van der Waals surface area contributed by atoms with Crippen molar-refractivity contribution in [3.8, 4) is 5.88 Å². The third-order valence-electron chi connectivity index (χ3n) is 7.10. The first-order valence-electron chi connectivity index (χ1n) is 12.8. The highest BCUT2D eigenvalue weighted by atomic mass is 35.5. The van der Waals surface area contributed by atoms with Crippen LogP contribution < -0.4 is 4.74 Å². The third-order valence-corrected chi connectivity index (χ3v) is 7.35. The van der Waals surface area contributed by atoms with Gasteiger partial charge in [0.25, 0.3) is 0 Å².